The van der Waals surface area contributed by atoms with Crippen molar-refractivity contribution in [2.75, 3.05) is 7.11 Å². The van der Waals surface area contributed by atoms with Gasteiger partial charge in [-0.05, 0) is 44.5 Å². The normalized spacial score (nSPS) is 12.0. The van der Waals surface area contributed by atoms with Crippen molar-refractivity contribution in [2.24, 2.45) is 0 Å². The number of nitrogens with one attached hydrogen (secondary N) is 1. The van der Waals surface area contributed by atoms with E-state index in [4.69, 9.17) is 4.74 Å². The number of ether oxygens (including phenoxy) is 1. The molecule has 0 fully saturated rings. The van der Waals surface area contributed by atoms with Gasteiger partial charge in [0.05, 0.1) is 18.8 Å². The fraction of sp³-hybridized carbons (Fsp3) is 0.412. The quantitative estimate of drug-likeness (QED) is 0.890. The number of carbonyl (C=O) groups is 1. The van der Waals surface area contributed by atoms with Gasteiger partial charge in [-0.3, -0.25) is 9.48 Å². The molecular formula is C17H22FN3O2. The van der Waals surface area contributed by atoms with Crippen LogP contribution >= 0.6 is 0 Å². The van der Waals surface area contributed by atoms with Gasteiger partial charge in [-0.15, -0.1) is 0 Å². The number of aryl methyl sites for hydroxylation is 3. The van der Waals surface area contributed by atoms with Crippen molar-refractivity contribution in [3.05, 3.63) is 47.0 Å². The van der Waals surface area contributed by atoms with Crippen molar-refractivity contribution in [3.63, 3.8) is 0 Å². The summed E-state index contributed by atoms with van der Waals surface area (Å²) in [6.07, 6.45) is 0.324. The van der Waals surface area contributed by atoms with Crippen LogP contribution in [0.3, 0.4) is 0 Å². The highest BCUT2D eigenvalue weighted by Gasteiger charge is 2.13. The molecule has 124 valence electrons. The lowest BCUT2D eigenvalue weighted by atomic mass is 10.1. The molecule has 0 aliphatic carbocycles. The topological polar surface area (TPSA) is 56.1 Å². The van der Waals surface area contributed by atoms with E-state index in [1.54, 1.807) is 12.1 Å². The summed E-state index contributed by atoms with van der Waals surface area (Å²) < 4.78 is 20.4. The van der Waals surface area contributed by atoms with E-state index in [0.717, 1.165) is 11.4 Å². The van der Waals surface area contributed by atoms with Gasteiger partial charge in [-0.25, -0.2) is 4.39 Å². The number of rotatable bonds is 6. The molecule has 2 aromatic rings. The van der Waals surface area contributed by atoms with E-state index in [0.29, 0.717) is 18.5 Å². The Kier molecular flexibility index (Phi) is 5.36. The molecule has 0 aliphatic heterocycles. The largest absolute Gasteiger partial charge is 0.494 e. The number of methoxy groups -OCH3 is 1. The molecule has 5 nitrogen and oxygen atoms in total. The number of nitrogens with zero attached hydrogens (tertiary/aromatic N) is 2. The highest BCUT2D eigenvalue weighted by molar-refractivity contribution is 5.76. The van der Waals surface area contributed by atoms with Crippen molar-refractivity contribution in [2.45, 2.75) is 39.8 Å². The first kappa shape index (κ1) is 17.0. The van der Waals surface area contributed by atoms with Gasteiger partial charge in [0.25, 0.3) is 0 Å². The third-order valence-corrected chi connectivity index (χ3v) is 3.71. The highest BCUT2D eigenvalue weighted by atomic mass is 19.1. The van der Waals surface area contributed by atoms with Gasteiger partial charge in [0.1, 0.15) is 0 Å². The summed E-state index contributed by atoms with van der Waals surface area (Å²) >= 11 is 0. The number of hydrogen-bond donors (Lipinski definition) is 1. The molecule has 1 N–H and O–H groups in total. The van der Waals surface area contributed by atoms with E-state index in [1.807, 2.05) is 31.5 Å². The molecule has 23 heavy (non-hydrogen) atoms. The smallest absolute Gasteiger partial charge is 0.222 e. The van der Waals surface area contributed by atoms with Gasteiger partial charge in [0.2, 0.25) is 5.91 Å². The highest BCUT2D eigenvalue weighted by Crippen LogP contribution is 2.21. The molecular weight excluding hydrogens is 297 g/mol. The Morgan fingerprint density at radius 3 is 2.70 bits per heavy atom. The molecule has 1 aromatic heterocycles. The monoisotopic (exact) mass is 319 g/mol. The van der Waals surface area contributed by atoms with Crippen molar-refractivity contribution in [3.8, 4) is 5.75 Å². The maximum atomic E-state index is 13.7. The summed E-state index contributed by atoms with van der Waals surface area (Å²) in [5, 5.41) is 7.19. The van der Waals surface area contributed by atoms with Crippen LogP contribution in [-0.4, -0.2) is 22.8 Å². The van der Waals surface area contributed by atoms with Gasteiger partial charge < -0.3 is 10.1 Å². The predicted molar refractivity (Wildman–Crippen MR) is 85.8 cm³/mol. The minimum atomic E-state index is -0.436. The standard InChI is InChI=1S/C17H22FN3O2/c1-11-9-12(2)21(20-11)8-7-17(22)19-13(3)14-5-6-16(23-4)15(18)10-14/h5-6,9-10,13H,7-8H2,1-4H3,(H,19,22). The van der Waals surface area contributed by atoms with Crippen molar-refractivity contribution < 1.29 is 13.9 Å². The molecule has 0 bridgehead atoms. The molecule has 1 amide bonds. The van der Waals surface area contributed by atoms with Crippen molar-refractivity contribution >= 4 is 5.91 Å². The predicted octanol–water partition coefficient (Wildman–Crippen LogP) is 2.92. The number of halogens is 1. The number of aromatic nitrogens is 2. The zero-order chi connectivity index (χ0) is 17.0. The van der Waals surface area contributed by atoms with Gasteiger partial charge in [-0.1, -0.05) is 6.07 Å². The number of hydrogen-bond acceptors (Lipinski definition) is 3. The van der Waals surface area contributed by atoms with Crippen LogP contribution in [0.15, 0.2) is 24.3 Å². The SMILES string of the molecule is COc1ccc(C(C)NC(=O)CCn2nc(C)cc2C)cc1F. The number of carbonyl (C=O) groups excluding carboxylic acids is 1. The molecule has 1 unspecified atom stereocenters. The van der Waals surface area contributed by atoms with Gasteiger partial charge in [0.15, 0.2) is 11.6 Å². The Morgan fingerprint density at radius 2 is 2.13 bits per heavy atom. The molecule has 0 saturated heterocycles. The number of benzene rings is 1. The third kappa shape index (κ3) is 4.31. The first-order valence-corrected chi connectivity index (χ1v) is 7.54. The van der Waals surface area contributed by atoms with E-state index in [9.17, 15) is 9.18 Å². The first-order chi connectivity index (χ1) is 10.9. The Labute approximate surface area is 135 Å². The molecule has 1 atom stereocenters. The zero-order valence-corrected chi connectivity index (χ0v) is 13.9. The van der Waals surface area contributed by atoms with Crippen LogP contribution in [0.2, 0.25) is 0 Å². The fourth-order valence-corrected chi connectivity index (χ4v) is 2.46. The third-order valence-electron chi connectivity index (χ3n) is 3.71. The minimum Gasteiger partial charge on any atom is -0.494 e. The Balaban J connectivity index is 1.91. The van der Waals surface area contributed by atoms with E-state index >= 15 is 0 Å². The summed E-state index contributed by atoms with van der Waals surface area (Å²) in [4.78, 5) is 12.1. The van der Waals surface area contributed by atoms with Crippen LogP contribution < -0.4 is 10.1 Å². The van der Waals surface area contributed by atoms with Crippen molar-refractivity contribution in [1.29, 1.82) is 0 Å². The van der Waals surface area contributed by atoms with E-state index in [-0.39, 0.29) is 17.7 Å². The molecule has 0 saturated carbocycles. The van der Waals surface area contributed by atoms with Crippen molar-refractivity contribution in [1.82, 2.24) is 15.1 Å². The second-order valence-corrected chi connectivity index (χ2v) is 5.58. The van der Waals surface area contributed by atoms with Crippen LogP contribution in [0.1, 0.15) is 36.3 Å². The van der Waals surface area contributed by atoms with Crippen LogP contribution in [0, 0.1) is 19.7 Å². The average molecular weight is 319 g/mol. The molecule has 6 heteroatoms. The van der Waals surface area contributed by atoms with E-state index in [1.165, 1.54) is 13.2 Å². The summed E-state index contributed by atoms with van der Waals surface area (Å²) in [7, 11) is 1.42. The Morgan fingerprint density at radius 1 is 1.39 bits per heavy atom. The Hall–Kier alpha value is -2.37. The summed E-state index contributed by atoms with van der Waals surface area (Å²) in [5.41, 5.74) is 2.66. The average Bonchev–Trinajstić information content (AvgIpc) is 2.82. The molecule has 2 rings (SSSR count). The number of amides is 1. The molecule has 0 aliphatic rings. The van der Waals surface area contributed by atoms with Gasteiger partial charge >= 0.3 is 0 Å². The van der Waals surface area contributed by atoms with Crippen LogP contribution in [0.5, 0.6) is 5.75 Å². The zero-order valence-electron chi connectivity index (χ0n) is 13.9. The second kappa shape index (κ2) is 7.26. The van der Waals surface area contributed by atoms with Gasteiger partial charge in [-0.2, -0.15) is 5.10 Å². The molecule has 1 aromatic carbocycles. The lowest BCUT2D eigenvalue weighted by molar-refractivity contribution is -0.122. The van der Waals surface area contributed by atoms with Crippen LogP contribution in [0.25, 0.3) is 0 Å². The lowest BCUT2D eigenvalue weighted by Crippen LogP contribution is -2.27. The van der Waals surface area contributed by atoms with Crippen LogP contribution in [-0.2, 0) is 11.3 Å². The minimum absolute atomic E-state index is 0.0960. The van der Waals surface area contributed by atoms with E-state index in [2.05, 4.69) is 10.4 Å². The molecule has 1 heterocycles. The van der Waals surface area contributed by atoms with Crippen LogP contribution in [0.4, 0.5) is 4.39 Å². The summed E-state index contributed by atoms with van der Waals surface area (Å²) in [6, 6.07) is 6.38. The molecule has 0 radical (unpaired) electrons. The second-order valence-electron chi connectivity index (χ2n) is 5.58. The first-order valence-electron chi connectivity index (χ1n) is 7.54. The van der Waals surface area contributed by atoms with Gasteiger partial charge in [0, 0.05) is 18.7 Å². The summed E-state index contributed by atoms with van der Waals surface area (Å²) in [6.45, 7) is 6.22. The van der Waals surface area contributed by atoms with E-state index < -0.39 is 5.82 Å². The Bertz CT molecular complexity index is 697. The summed E-state index contributed by atoms with van der Waals surface area (Å²) in [5.74, 6) is -0.341. The maximum Gasteiger partial charge on any atom is 0.222 e. The molecule has 0 spiro atoms. The fourth-order valence-electron chi connectivity index (χ4n) is 2.46. The lowest BCUT2D eigenvalue weighted by Gasteiger charge is -2.15. The maximum absolute atomic E-state index is 13.7.